The van der Waals surface area contributed by atoms with Crippen molar-refractivity contribution in [2.75, 3.05) is 4.67 Å². The van der Waals surface area contributed by atoms with Crippen LogP contribution in [0.15, 0.2) is 174 Å². The molecule has 1 atom stereocenters. The molecule has 5 heteroatoms. The van der Waals surface area contributed by atoms with Crippen molar-refractivity contribution in [2.24, 2.45) is 0 Å². The number of nitrogens with zero attached hydrogens (tertiary/aromatic N) is 3. The molecule has 238 valence electrons. The van der Waals surface area contributed by atoms with Gasteiger partial charge in [0.25, 0.3) is 0 Å². The highest BCUT2D eigenvalue weighted by molar-refractivity contribution is 7.75. The van der Waals surface area contributed by atoms with Crippen LogP contribution < -0.4 is 15.3 Å². The van der Waals surface area contributed by atoms with Crippen LogP contribution in [0, 0.1) is 0 Å². The maximum Gasteiger partial charge on any atom is 0.235 e. The van der Waals surface area contributed by atoms with Crippen LogP contribution in [0.4, 0.5) is 11.6 Å². The van der Waals surface area contributed by atoms with Crippen LogP contribution in [0.5, 0.6) is 0 Å². The van der Waals surface area contributed by atoms with Gasteiger partial charge in [0.2, 0.25) is 5.95 Å². The topological polar surface area (TPSA) is 42.2 Å². The van der Waals surface area contributed by atoms with E-state index in [1.807, 2.05) is 0 Å². The van der Waals surface area contributed by atoms with Gasteiger partial charge in [-0.3, -0.25) is 4.67 Å². The summed E-state index contributed by atoms with van der Waals surface area (Å²) in [4.78, 5) is 11.0. The summed E-state index contributed by atoms with van der Waals surface area (Å²) in [6.07, 6.45) is 0. The van der Waals surface area contributed by atoms with Gasteiger partial charge in [0.15, 0.2) is 0 Å². The summed E-state index contributed by atoms with van der Waals surface area (Å²) in [5, 5.41) is 10.4. The summed E-state index contributed by atoms with van der Waals surface area (Å²) in [5.74, 6) is 0.671. The predicted molar refractivity (Wildman–Crippen MR) is 214 cm³/mol. The van der Waals surface area contributed by atoms with Crippen LogP contribution in [0.1, 0.15) is 0 Å². The van der Waals surface area contributed by atoms with Crippen molar-refractivity contribution in [2.45, 2.75) is 0 Å². The molecule has 2 aromatic heterocycles. The van der Waals surface area contributed by atoms with Gasteiger partial charge < -0.3 is 4.42 Å². The van der Waals surface area contributed by atoms with Crippen LogP contribution in [0.3, 0.4) is 0 Å². The maximum atomic E-state index is 6.84. The Morgan fingerprint density at radius 1 is 0.490 bits per heavy atom. The number of anilines is 2. The molecule has 0 saturated heterocycles. The van der Waals surface area contributed by atoms with E-state index in [4.69, 9.17) is 14.4 Å². The van der Waals surface area contributed by atoms with Gasteiger partial charge in [-0.25, -0.2) is 9.97 Å². The Labute approximate surface area is 295 Å². The summed E-state index contributed by atoms with van der Waals surface area (Å²) in [6.45, 7) is 0. The minimum absolute atomic E-state index is 0.671. The number of aromatic nitrogens is 2. The second-order valence-electron chi connectivity index (χ2n) is 13.0. The monoisotopic (exact) mass is 669 g/mol. The number of fused-ring (bicyclic) bond motifs is 13. The zero-order chi connectivity index (χ0) is 33.5. The van der Waals surface area contributed by atoms with E-state index in [1.165, 1.54) is 32.5 Å². The molecular weight excluding hydrogens is 642 g/mol. The van der Waals surface area contributed by atoms with E-state index in [0.717, 1.165) is 60.6 Å². The first kappa shape index (κ1) is 28.5. The molecule has 3 heterocycles. The van der Waals surface area contributed by atoms with E-state index >= 15 is 0 Å². The van der Waals surface area contributed by atoms with Crippen LogP contribution in [0.2, 0.25) is 0 Å². The summed E-state index contributed by atoms with van der Waals surface area (Å²) in [6, 6.07) is 60.3. The van der Waals surface area contributed by atoms with Gasteiger partial charge in [-0.1, -0.05) is 158 Å². The smallest absolute Gasteiger partial charge is 0.235 e. The lowest BCUT2D eigenvalue weighted by Gasteiger charge is -2.40. The number of furan rings is 1. The van der Waals surface area contributed by atoms with E-state index in [-0.39, 0.29) is 0 Å². The third kappa shape index (κ3) is 4.18. The van der Waals surface area contributed by atoms with Gasteiger partial charge in [0.1, 0.15) is 11.2 Å². The van der Waals surface area contributed by atoms with Crippen molar-refractivity contribution in [1.82, 2.24) is 9.97 Å². The first-order chi connectivity index (χ1) is 25.3. The van der Waals surface area contributed by atoms with Gasteiger partial charge >= 0.3 is 0 Å². The molecule has 8 aromatic carbocycles. The number of para-hydroxylation sites is 2. The molecule has 11 rings (SSSR count). The third-order valence-electron chi connectivity index (χ3n) is 10.1. The van der Waals surface area contributed by atoms with Gasteiger partial charge in [0.05, 0.1) is 30.4 Å². The average Bonchev–Trinajstić information content (AvgIpc) is 3.60. The summed E-state index contributed by atoms with van der Waals surface area (Å²) >= 11 is 0. The normalized spacial score (nSPS) is 14.0. The minimum Gasteiger partial charge on any atom is -0.455 e. The Kier molecular flexibility index (Phi) is 6.19. The Morgan fingerprint density at radius 2 is 1.14 bits per heavy atom. The fourth-order valence-corrected chi connectivity index (χ4v) is 10.5. The Bertz CT molecular complexity index is 2990. The largest absolute Gasteiger partial charge is 0.455 e. The standard InChI is InChI=1S/C46H28N3OP/c1-3-16-30(17-4-1)43-35-23-11-13-25-37(35)47-46(48-43)49-44-41(33-21-9-10-22-34(33)45-42(44)36-24-12-14-26-38(36)50-45)40-32-20-8-7-15-29(32)27-28-39(40)51(49)31-18-5-2-6-19-31/h1-28H. The molecular formula is C46H28N3OP. The molecule has 10 aromatic rings. The third-order valence-corrected chi connectivity index (χ3v) is 12.5. The number of hydrogen-bond donors (Lipinski definition) is 0. The first-order valence-corrected chi connectivity index (χ1v) is 18.5. The highest BCUT2D eigenvalue weighted by atomic mass is 31.1. The molecule has 1 aliphatic rings. The molecule has 1 unspecified atom stereocenters. The average molecular weight is 670 g/mol. The highest BCUT2D eigenvalue weighted by Crippen LogP contribution is 2.61. The fourth-order valence-electron chi connectivity index (χ4n) is 7.98. The van der Waals surface area contributed by atoms with Crippen molar-refractivity contribution in [3.63, 3.8) is 0 Å². The van der Waals surface area contributed by atoms with E-state index in [0.29, 0.717) is 5.95 Å². The molecule has 4 nitrogen and oxygen atoms in total. The van der Waals surface area contributed by atoms with E-state index in [9.17, 15) is 0 Å². The molecule has 0 fully saturated rings. The van der Waals surface area contributed by atoms with E-state index < -0.39 is 8.07 Å². The van der Waals surface area contributed by atoms with Gasteiger partial charge in [-0.05, 0) is 28.3 Å². The molecule has 1 aliphatic heterocycles. The summed E-state index contributed by atoms with van der Waals surface area (Å²) < 4.78 is 9.30. The van der Waals surface area contributed by atoms with Crippen molar-refractivity contribution in [3.05, 3.63) is 170 Å². The predicted octanol–water partition coefficient (Wildman–Crippen LogP) is 11.7. The molecule has 0 bridgehead atoms. The lowest BCUT2D eigenvalue weighted by molar-refractivity contribution is 0.673. The lowest BCUT2D eigenvalue weighted by atomic mass is 9.89. The summed E-state index contributed by atoms with van der Waals surface area (Å²) in [5.41, 5.74) is 8.16. The van der Waals surface area contributed by atoms with E-state index in [1.54, 1.807) is 0 Å². The summed E-state index contributed by atoms with van der Waals surface area (Å²) in [7, 11) is -1.22. The van der Waals surface area contributed by atoms with Crippen molar-refractivity contribution in [1.29, 1.82) is 0 Å². The number of rotatable bonds is 3. The van der Waals surface area contributed by atoms with Crippen molar-refractivity contribution < 1.29 is 4.42 Å². The molecule has 0 saturated carbocycles. The Balaban J connectivity index is 1.38. The van der Waals surface area contributed by atoms with Crippen LogP contribution in [-0.4, -0.2) is 9.97 Å². The molecule has 0 amide bonds. The van der Waals surface area contributed by atoms with Gasteiger partial charge in [-0.15, -0.1) is 0 Å². The Hall–Kier alpha value is -6.35. The molecule has 51 heavy (non-hydrogen) atoms. The number of hydrogen-bond acceptors (Lipinski definition) is 4. The maximum absolute atomic E-state index is 6.84. The quantitative estimate of drug-likeness (QED) is 0.176. The van der Waals surface area contributed by atoms with Gasteiger partial charge in [-0.2, -0.15) is 0 Å². The molecule has 0 radical (unpaired) electrons. The fraction of sp³-hybridized carbons (Fsp3) is 0. The van der Waals surface area contributed by atoms with Crippen LogP contribution >= 0.6 is 8.07 Å². The van der Waals surface area contributed by atoms with Crippen molar-refractivity contribution >= 4 is 84.7 Å². The van der Waals surface area contributed by atoms with Crippen LogP contribution in [-0.2, 0) is 0 Å². The minimum atomic E-state index is -1.22. The first-order valence-electron chi connectivity index (χ1n) is 17.2. The zero-order valence-electron chi connectivity index (χ0n) is 27.4. The van der Waals surface area contributed by atoms with Crippen LogP contribution in [0.25, 0.3) is 76.8 Å². The van der Waals surface area contributed by atoms with E-state index in [2.05, 4.69) is 175 Å². The highest BCUT2D eigenvalue weighted by Gasteiger charge is 2.40. The number of benzene rings is 8. The second-order valence-corrected chi connectivity index (χ2v) is 15.0. The zero-order valence-corrected chi connectivity index (χ0v) is 28.3. The molecule has 0 aliphatic carbocycles. The Morgan fingerprint density at radius 3 is 1.96 bits per heavy atom. The van der Waals surface area contributed by atoms with Gasteiger partial charge in [0, 0.05) is 43.5 Å². The molecule has 0 spiro atoms. The van der Waals surface area contributed by atoms with Crippen molar-refractivity contribution in [3.8, 4) is 22.4 Å². The lowest BCUT2D eigenvalue weighted by Crippen LogP contribution is -2.31. The molecule has 0 N–H and O–H groups in total. The second kappa shape index (κ2) is 11.1. The SMILES string of the molecule is c1ccc(-c2nc(N3c4c(c5ccccc5c5oc6ccccc6c45)-c4c(ccc5ccccc45)P3c3ccccc3)nc3ccccc23)cc1.